The van der Waals surface area contributed by atoms with E-state index in [2.05, 4.69) is 31.4 Å². The minimum absolute atomic E-state index is 0.0300. The third-order valence-corrected chi connectivity index (χ3v) is 5.26. The first kappa shape index (κ1) is 25.5. The molecule has 182 valence electrons. The van der Waals surface area contributed by atoms with Gasteiger partial charge in [0.15, 0.2) is 0 Å². The Hall–Kier alpha value is -4.13. The first-order chi connectivity index (χ1) is 16.7. The first-order valence-corrected chi connectivity index (χ1v) is 11.4. The molecule has 2 amide bonds. The predicted molar refractivity (Wildman–Crippen MR) is 135 cm³/mol. The van der Waals surface area contributed by atoms with Gasteiger partial charge >= 0.3 is 6.16 Å². The standard InChI is InChI=1S/C28H30N2O5/c1-5-34-27(33)35-24-16-10-20(11-17-24)25(31)29-18-19-6-14-23(15-7-19)30-26(32)21-8-12-22(13-9-21)28(2,3)4/h6-17H,5,18H2,1-4H3,(H,29,31)(H,30,32). The van der Waals surface area contributed by atoms with Crippen LogP contribution in [-0.2, 0) is 16.7 Å². The fourth-order valence-corrected chi connectivity index (χ4v) is 3.23. The second-order valence-electron chi connectivity index (χ2n) is 8.97. The Balaban J connectivity index is 1.50. The molecule has 0 atom stereocenters. The summed E-state index contributed by atoms with van der Waals surface area (Å²) in [5.74, 6) is -0.145. The lowest BCUT2D eigenvalue weighted by Crippen LogP contribution is -2.22. The van der Waals surface area contributed by atoms with Gasteiger partial charge in [0.2, 0.25) is 0 Å². The molecule has 0 aliphatic carbocycles. The van der Waals surface area contributed by atoms with E-state index in [1.54, 1.807) is 31.2 Å². The number of ether oxygens (including phenoxy) is 2. The molecule has 7 heteroatoms. The number of carbonyl (C=O) groups excluding carboxylic acids is 3. The topological polar surface area (TPSA) is 93.7 Å². The molecule has 0 radical (unpaired) electrons. The van der Waals surface area contributed by atoms with E-state index in [0.717, 1.165) is 5.56 Å². The van der Waals surface area contributed by atoms with Crippen molar-refractivity contribution in [2.75, 3.05) is 11.9 Å². The first-order valence-electron chi connectivity index (χ1n) is 11.4. The molecule has 3 aromatic rings. The van der Waals surface area contributed by atoms with Crippen molar-refractivity contribution in [2.45, 2.75) is 39.7 Å². The summed E-state index contributed by atoms with van der Waals surface area (Å²) >= 11 is 0. The van der Waals surface area contributed by atoms with E-state index in [-0.39, 0.29) is 23.8 Å². The van der Waals surface area contributed by atoms with Crippen molar-refractivity contribution < 1.29 is 23.9 Å². The largest absolute Gasteiger partial charge is 0.513 e. The van der Waals surface area contributed by atoms with Crippen molar-refractivity contribution in [1.29, 1.82) is 0 Å². The monoisotopic (exact) mass is 474 g/mol. The van der Waals surface area contributed by atoms with Crippen LogP contribution in [0.1, 0.15) is 59.5 Å². The quantitative estimate of drug-likeness (QED) is 0.338. The van der Waals surface area contributed by atoms with E-state index in [1.807, 2.05) is 36.4 Å². The Morgan fingerprint density at radius 1 is 0.771 bits per heavy atom. The molecule has 0 spiro atoms. The summed E-state index contributed by atoms with van der Waals surface area (Å²) in [6, 6.07) is 21.1. The van der Waals surface area contributed by atoms with Gasteiger partial charge in [0, 0.05) is 23.4 Å². The van der Waals surface area contributed by atoms with Gasteiger partial charge in [-0.15, -0.1) is 0 Å². The average Bonchev–Trinajstić information content (AvgIpc) is 2.83. The van der Waals surface area contributed by atoms with Gasteiger partial charge < -0.3 is 20.1 Å². The molecule has 0 unspecified atom stereocenters. The van der Waals surface area contributed by atoms with Gasteiger partial charge in [-0.2, -0.15) is 0 Å². The van der Waals surface area contributed by atoms with Gasteiger partial charge in [-0.25, -0.2) is 4.79 Å². The highest BCUT2D eigenvalue weighted by atomic mass is 16.7. The second-order valence-corrected chi connectivity index (χ2v) is 8.97. The van der Waals surface area contributed by atoms with Crippen LogP contribution < -0.4 is 15.4 Å². The highest BCUT2D eigenvalue weighted by Gasteiger charge is 2.14. The van der Waals surface area contributed by atoms with Crippen molar-refractivity contribution in [3.05, 3.63) is 95.1 Å². The zero-order valence-corrected chi connectivity index (χ0v) is 20.4. The van der Waals surface area contributed by atoms with E-state index in [1.165, 1.54) is 17.7 Å². The van der Waals surface area contributed by atoms with Crippen molar-refractivity contribution in [2.24, 2.45) is 0 Å². The average molecular weight is 475 g/mol. The zero-order chi connectivity index (χ0) is 25.4. The number of anilines is 1. The smallest absolute Gasteiger partial charge is 0.434 e. The highest BCUT2D eigenvalue weighted by Crippen LogP contribution is 2.22. The van der Waals surface area contributed by atoms with Crippen LogP contribution >= 0.6 is 0 Å². The SMILES string of the molecule is CCOC(=O)Oc1ccc(C(=O)NCc2ccc(NC(=O)c3ccc(C(C)(C)C)cc3)cc2)cc1. The molecule has 0 bridgehead atoms. The van der Waals surface area contributed by atoms with Crippen LogP contribution in [0.3, 0.4) is 0 Å². The van der Waals surface area contributed by atoms with Crippen molar-refractivity contribution in [1.82, 2.24) is 5.32 Å². The lowest BCUT2D eigenvalue weighted by atomic mass is 9.87. The van der Waals surface area contributed by atoms with Crippen LogP contribution in [0, 0.1) is 0 Å². The number of amides is 2. The van der Waals surface area contributed by atoms with Crippen LogP contribution in [0.25, 0.3) is 0 Å². The molecule has 0 saturated heterocycles. The molecule has 35 heavy (non-hydrogen) atoms. The Morgan fingerprint density at radius 2 is 1.34 bits per heavy atom. The third-order valence-electron chi connectivity index (χ3n) is 5.26. The van der Waals surface area contributed by atoms with Gasteiger partial charge in [-0.05, 0) is 72.0 Å². The summed E-state index contributed by atoms with van der Waals surface area (Å²) in [6.07, 6.45) is -0.789. The second kappa shape index (κ2) is 11.3. The van der Waals surface area contributed by atoms with Crippen LogP contribution in [0.4, 0.5) is 10.5 Å². The maximum atomic E-state index is 12.5. The van der Waals surface area contributed by atoms with Gasteiger partial charge in [0.25, 0.3) is 11.8 Å². The Kier molecular flexibility index (Phi) is 8.25. The molecule has 7 nitrogen and oxygen atoms in total. The third kappa shape index (κ3) is 7.43. The summed E-state index contributed by atoms with van der Waals surface area (Å²) in [7, 11) is 0. The number of nitrogens with one attached hydrogen (secondary N) is 2. The molecular weight excluding hydrogens is 444 g/mol. The van der Waals surface area contributed by atoms with E-state index in [4.69, 9.17) is 9.47 Å². The molecule has 3 rings (SSSR count). The summed E-state index contributed by atoms with van der Waals surface area (Å²) in [5.41, 5.74) is 3.77. The summed E-state index contributed by atoms with van der Waals surface area (Å²) in [6.45, 7) is 8.62. The summed E-state index contributed by atoms with van der Waals surface area (Å²) < 4.78 is 9.70. The molecule has 0 aliphatic rings. The van der Waals surface area contributed by atoms with Crippen LogP contribution in [0.5, 0.6) is 5.75 Å². The van der Waals surface area contributed by atoms with Crippen LogP contribution in [0.2, 0.25) is 0 Å². The lowest BCUT2D eigenvalue weighted by molar-refractivity contribution is 0.0950. The van der Waals surface area contributed by atoms with Gasteiger partial charge in [-0.3, -0.25) is 9.59 Å². The summed E-state index contributed by atoms with van der Waals surface area (Å²) in [4.78, 5) is 36.3. The Labute approximate surface area is 205 Å². The number of carbonyl (C=O) groups is 3. The van der Waals surface area contributed by atoms with Gasteiger partial charge in [-0.1, -0.05) is 45.0 Å². The molecule has 0 heterocycles. The van der Waals surface area contributed by atoms with Gasteiger partial charge in [0.05, 0.1) is 6.61 Å². The fraction of sp³-hybridized carbons (Fsp3) is 0.250. The lowest BCUT2D eigenvalue weighted by Gasteiger charge is -2.19. The van der Waals surface area contributed by atoms with Crippen molar-refractivity contribution in [3.63, 3.8) is 0 Å². The molecule has 0 fully saturated rings. The number of hydrogen-bond acceptors (Lipinski definition) is 5. The molecule has 0 aliphatic heterocycles. The maximum absolute atomic E-state index is 12.5. The molecule has 3 aromatic carbocycles. The minimum Gasteiger partial charge on any atom is -0.434 e. The van der Waals surface area contributed by atoms with E-state index >= 15 is 0 Å². The molecular formula is C28H30N2O5. The summed E-state index contributed by atoms with van der Waals surface area (Å²) in [5, 5.41) is 5.73. The normalized spacial score (nSPS) is 10.9. The molecule has 0 saturated carbocycles. The number of rotatable bonds is 7. The van der Waals surface area contributed by atoms with Crippen molar-refractivity contribution in [3.8, 4) is 5.75 Å². The van der Waals surface area contributed by atoms with E-state index in [9.17, 15) is 14.4 Å². The zero-order valence-electron chi connectivity index (χ0n) is 20.4. The maximum Gasteiger partial charge on any atom is 0.513 e. The Morgan fingerprint density at radius 3 is 1.91 bits per heavy atom. The van der Waals surface area contributed by atoms with Crippen LogP contribution in [0.15, 0.2) is 72.8 Å². The van der Waals surface area contributed by atoms with Crippen molar-refractivity contribution >= 4 is 23.7 Å². The van der Waals surface area contributed by atoms with E-state index < -0.39 is 6.16 Å². The predicted octanol–water partition coefficient (Wildman–Crippen LogP) is 5.70. The van der Waals surface area contributed by atoms with E-state index in [0.29, 0.717) is 29.1 Å². The highest BCUT2D eigenvalue weighted by molar-refractivity contribution is 6.04. The number of hydrogen-bond donors (Lipinski definition) is 2. The van der Waals surface area contributed by atoms with Gasteiger partial charge in [0.1, 0.15) is 5.75 Å². The minimum atomic E-state index is -0.789. The Bertz CT molecular complexity index is 1160. The molecule has 0 aromatic heterocycles. The fourth-order valence-electron chi connectivity index (χ4n) is 3.23. The molecule has 2 N–H and O–H groups in total. The van der Waals surface area contributed by atoms with Crippen LogP contribution in [-0.4, -0.2) is 24.6 Å². The number of benzene rings is 3.